The smallest absolute Gasteiger partial charge is 0.169 e. The van der Waals surface area contributed by atoms with Crippen LogP contribution in [0.2, 0.25) is 0 Å². The first kappa shape index (κ1) is 14.3. The maximum Gasteiger partial charge on any atom is 0.169 e. The Bertz CT molecular complexity index is 422. The number of halogens is 1. The molecule has 0 saturated carbocycles. The van der Waals surface area contributed by atoms with E-state index < -0.39 is 0 Å². The molecular formula is C15H21FN2S. The fraction of sp³-hybridized carbons (Fsp3) is 0.533. The van der Waals surface area contributed by atoms with Crippen LogP contribution in [0.5, 0.6) is 0 Å². The zero-order valence-electron chi connectivity index (χ0n) is 11.5. The van der Waals surface area contributed by atoms with Gasteiger partial charge in [0.25, 0.3) is 0 Å². The van der Waals surface area contributed by atoms with Crippen molar-refractivity contribution in [1.82, 2.24) is 10.2 Å². The first-order valence-corrected chi connectivity index (χ1v) is 7.22. The van der Waals surface area contributed by atoms with E-state index >= 15 is 0 Å². The first-order chi connectivity index (χ1) is 9.04. The quantitative estimate of drug-likeness (QED) is 0.838. The van der Waals surface area contributed by atoms with E-state index in [4.69, 9.17) is 12.2 Å². The van der Waals surface area contributed by atoms with Gasteiger partial charge in [-0.05, 0) is 48.2 Å². The number of hydrogen-bond acceptors (Lipinski definition) is 1. The van der Waals surface area contributed by atoms with Crippen LogP contribution in [0.25, 0.3) is 0 Å². The van der Waals surface area contributed by atoms with Crippen LogP contribution in [0.3, 0.4) is 0 Å². The minimum atomic E-state index is -0.204. The molecule has 1 aliphatic heterocycles. The summed E-state index contributed by atoms with van der Waals surface area (Å²) >= 11 is 5.45. The predicted molar refractivity (Wildman–Crippen MR) is 80.4 cm³/mol. The van der Waals surface area contributed by atoms with Crippen molar-refractivity contribution in [3.05, 3.63) is 35.6 Å². The van der Waals surface area contributed by atoms with E-state index in [1.165, 1.54) is 18.6 Å². The third kappa shape index (κ3) is 4.16. The largest absolute Gasteiger partial charge is 0.358 e. The molecule has 1 N–H and O–H groups in total. The molecule has 1 aromatic rings. The average molecular weight is 280 g/mol. The molecule has 2 unspecified atom stereocenters. The molecule has 2 nitrogen and oxygen atoms in total. The normalized spacial score (nSPS) is 23.2. The summed E-state index contributed by atoms with van der Waals surface area (Å²) in [4.78, 5) is 2.25. The molecule has 0 radical (unpaired) electrons. The third-order valence-corrected chi connectivity index (χ3v) is 3.92. The molecule has 0 amide bonds. The molecule has 2 rings (SSSR count). The Labute approximate surface area is 120 Å². The number of piperidine rings is 1. The molecule has 0 bridgehead atoms. The van der Waals surface area contributed by atoms with Gasteiger partial charge in [0.2, 0.25) is 0 Å². The van der Waals surface area contributed by atoms with Crippen LogP contribution in [0.4, 0.5) is 4.39 Å². The van der Waals surface area contributed by atoms with E-state index in [0.29, 0.717) is 18.4 Å². The molecule has 1 fully saturated rings. The van der Waals surface area contributed by atoms with Gasteiger partial charge in [-0.15, -0.1) is 0 Å². The maximum atomic E-state index is 12.8. The highest BCUT2D eigenvalue weighted by atomic mass is 32.1. The van der Waals surface area contributed by atoms with Crippen molar-refractivity contribution in [2.75, 3.05) is 13.1 Å². The summed E-state index contributed by atoms with van der Waals surface area (Å²) in [6.07, 6.45) is 1.27. The van der Waals surface area contributed by atoms with E-state index in [2.05, 4.69) is 24.1 Å². The molecule has 0 aromatic heterocycles. The number of rotatable bonds is 2. The zero-order chi connectivity index (χ0) is 13.8. The second-order valence-electron chi connectivity index (χ2n) is 5.64. The molecule has 1 aliphatic rings. The summed E-state index contributed by atoms with van der Waals surface area (Å²) < 4.78 is 12.8. The predicted octanol–water partition coefficient (Wildman–Crippen LogP) is 3.18. The van der Waals surface area contributed by atoms with Crippen molar-refractivity contribution in [1.29, 1.82) is 0 Å². The van der Waals surface area contributed by atoms with Gasteiger partial charge in [-0.2, -0.15) is 0 Å². The van der Waals surface area contributed by atoms with Crippen LogP contribution < -0.4 is 5.32 Å². The van der Waals surface area contributed by atoms with Crippen molar-refractivity contribution in [3.8, 4) is 0 Å². The van der Waals surface area contributed by atoms with Gasteiger partial charge in [0, 0.05) is 19.6 Å². The van der Waals surface area contributed by atoms with Gasteiger partial charge in [-0.25, -0.2) is 4.39 Å². The van der Waals surface area contributed by atoms with Gasteiger partial charge in [0.05, 0.1) is 0 Å². The van der Waals surface area contributed by atoms with E-state index in [-0.39, 0.29) is 5.82 Å². The Hall–Kier alpha value is -1.16. The fourth-order valence-electron chi connectivity index (χ4n) is 2.72. The number of nitrogens with one attached hydrogen (secondary N) is 1. The van der Waals surface area contributed by atoms with Gasteiger partial charge in [-0.3, -0.25) is 0 Å². The van der Waals surface area contributed by atoms with Crippen LogP contribution in [0.15, 0.2) is 24.3 Å². The number of likely N-dealkylation sites (tertiary alicyclic amines) is 1. The topological polar surface area (TPSA) is 15.3 Å². The molecule has 4 heteroatoms. The zero-order valence-corrected chi connectivity index (χ0v) is 12.3. The van der Waals surface area contributed by atoms with Gasteiger partial charge >= 0.3 is 0 Å². The highest BCUT2D eigenvalue weighted by Crippen LogP contribution is 2.20. The van der Waals surface area contributed by atoms with Crippen molar-refractivity contribution < 1.29 is 4.39 Å². The number of nitrogens with zero attached hydrogens (tertiary/aromatic N) is 1. The van der Waals surface area contributed by atoms with Gasteiger partial charge < -0.3 is 10.2 Å². The van der Waals surface area contributed by atoms with Crippen LogP contribution in [-0.4, -0.2) is 23.1 Å². The lowest BCUT2D eigenvalue weighted by molar-refractivity contribution is 0.212. The molecule has 1 heterocycles. The lowest BCUT2D eigenvalue weighted by Gasteiger charge is -2.36. The molecule has 2 atom stereocenters. The lowest BCUT2D eigenvalue weighted by atomic mass is 9.92. The summed E-state index contributed by atoms with van der Waals surface area (Å²) in [5, 5.41) is 4.07. The highest BCUT2D eigenvalue weighted by molar-refractivity contribution is 7.80. The van der Waals surface area contributed by atoms with E-state index in [0.717, 1.165) is 23.8 Å². The maximum absolute atomic E-state index is 12.8. The van der Waals surface area contributed by atoms with Crippen molar-refractivity contribution in [2.45, 2.75) is 26.8 Å². The summed E-state index contributed by atoms with van der Waals surface area (Å²) in [7, 11) is 0. The summed E-state index contributed by atoms with van der Waals surface area (Å²) in [6.45, 7) is 7.24. The average Bonchev–Trinajstić information content (AvgIpc) is 2.36. The molecule has 1 aromatic carbocycles. The Balaban J connectivity index is 1.85. The second-order valence-corrected chi connectivity index (χ2v) is 6.02. The second kappa shape index (κ2) is 6.33. The van der Waals surface area contributed by atoms with Gasteiger partial charge in [-0.1, -0.05) is 26.0 Å². The highest BCUT2D eigenvalue weighted by Gasteiger charge is 2.23. The van der Waals surface area contributed by atoms with Crippen LogP contribution >= 0.6 is 12.2 Å². The summed E-state index contributed by atoms with van der Waals surface area (Å²) in [5.41, 5.74) is 1.04. The summed E-state index contributed by atoms with van der Waals surface area (Å²) in [6, 6.07) is 6.52. The third-order valence-electron chi connectivity index (χ3n) is 3.51. The minimum Gasteiger partial charge on any atom is -0.358 e. The monoisotopic (exact) mass is 280 g/mol. The Morgan fingerprint density at radius 2 is 1.84 bits per heavy atom. The molecular weight excluding hydrogens is 259 g/mol. The van der Waals surface area contributed by atoms with Crippen LogP contribution in [-0.2, 0) is 6.54 Å². The van der Waals surface area contributed by atoms with Crippen molar-refractivity contribution >= 4 is 17.3 Å². The molecule has 19 heavy (non-hydrogen) atoms. The lowest BCUT2D eigenvalue weighted by Crippen LogP contribution is -2.47. The van der Waals surface area contributed by atoms with Crippen molar-refractivity contribution in [3.63, 3.8) is 0 Å². The van der Waals surface area contributed by atoms with E-state index in [9.17, 15) is 4.39 Å². The van der Waals surface area contributed by atoms with Crippen molar-refractivity contribution in [2.24, 2.45) is 11.8 Å². The van der Waals surface area contributed by atoms with Gasteiger partial charge in [0.15, 0.2) is 5.11 Å². The molecule has 0 spiro atoms. The molecule has 104 valence electrons. The van der Waals surface area contributed by atoms with Gasteiger partial charge in [0.1, 0.15) is 5.82 Å². The Morgan fingerprint density at radius 1 is 1.26 bits per heavy atom. The van der Waals surface area contributed by atoms with Crippen LogP contribution in [0.1, 0.15) is 25.8 Å². The standard InChI is InChI=1S/C15H21FN2S/c1-11-7-12(2)10-18(9-11)15(19)17-8-13-3-5-14(16)6-4-13/h3-6,11-12H,7-10H2,1-2H3,(H,17,19). The first-order valence-electron chi connectivity index (χ1n) is 6.82. The van der Waals surface area contributed by atoms with E-state index in [1.54, 1.807) is 12.1 Å². The molecule has 1 saturated heterocycles. The Morgan fingerprint density at radius 3 is 2.42 bits per heavy atom. The number of hydrogen-bond donors (Lipinski definition) is 1. The SMILES string of the molecule is CC1CC(C)CN(C(=S)NCc2ccc(F)cc2)C1. The van der Waals surface area contributed by atoms with Crippen LogP contribution in [0, 0.1) is 17.7 Å². The minimum absolute atomic E-state index is 0.204. The Kier molecular flexibility index (Phi) is 4.75. The number of benzene rings is 1. The van der Waals surface area contributed by atoms with E-state index in [1.807, 2.05) is 0 Å². The number of thiocarbonyl (C=S) groups is 1. The summed E-state index contributed by atoms with van der Waals surface area (Å²) in [5.74, 6) is 1.17. The fourth-order valence-corrected chi connectivity index (χ4v) is 2.94. The molecule has 0 aliphatic carbocycles.